The first-order chi connectivity index (χ1) is 14.8. The van der Waals surface area contributed by atoms with Gasteiger partial charge in [0.15, 0.2) is 6.10 Å². The molecular weight excluding hydrogens is 486 g/mol. The molecule has 2 saturated heterocycles. The molecular formula is C21H22BrN3O5S. The molecule has 10 heteroatoms. The Kier molecular flexibility index (Phi) is 6.42. The molecule has 0 aliphatic carbocycles. The van der Waals surface area contributed by atoms with Crippen LogP contribution in [0, 0.1) is 6.92 Å². The third-order valence-corrected chi connectivity index (χ3v) is 7.02. The number of hydrogen-bond donors (Lipinski definition) is 2. The Hall–Kier alpha value is -2.27. The lowest BCUT2D eigenvalue weighted by molar-refractivity contribution is -0.124. The number of halogens is 1. The number of amides is 3. The summed E-state index contributed by atoms with van der Waals surface area (Å²) in [5.41, 5.74) is 2.23. The van der Waals surface area contributed by atoms with Gasteiger partial charge in [-0.2, -0.15) is 0 Å². The van der Waals surface area contributed by atoms with Crippen LogP contribution in [0.5, 0.6) is 0 Å². The van der Waals surface area contributed by atoms with E-state index in [0.29, 0.717) is 36.7 Å². The zero-order chi connectivity index (χ0) is 22.1. The summed E-state index contributed by atoms with van der Waals surface area (Å²) < 4.78 is 6.21. The van der Waals surface area contributed by atoms with Gasteiger partial charge in [-0.3, -0.25) is 14.4 Å². The number of hydrogen-bond acceptors (Lipinski definition) is 6. The van der Waals surface area contributed by atoms with Crippen LogP contribution in [-0.4, -0.2) is 61.3 Å². The minimum absolute atomic E-state index is 0.00371. The largest absolute Gasteiger partial charge is 0.381 e. The fourth-order valence-electron chi connectivity index (χ4n) is 3.79. The Morgan fingerprint density at radius 2 is 2.03 bits per heavy atom. The Balaban J connectivity index is 1.50. The zero-order valence-electron chi connectivity index (χ0n) is 16.8. The quantitative estimate of drug-likeness (QED) is 0.659. The lowest BCUT2D eigenvalue weighted by Gasteiger charge is -2.24. The van der Waals surface area contributed by atoms with Gasteiger partial charge >= 0.3 is 0 Å². The smallest absolute Gasteiger partial charge is 0.261 e. The highest BCUT2D eigenvalue weighted by Crippen LogP contribution is 2.30. The molecule has 31 heavy (non-hydrogen) atoms. The molecule has 2 aliphatic heterocycles. The van der Waals surface area contributed by atoms with Crippen molar-refractivity contribution in [3.8, 4) is 0 Å². The minimum Gasteiger partial charge on any atom is -0.381 e. The number of nitrogens with zero attached hydrogens (tertiary/aromatic N) is 2. The first kappa shape index (κ1) is 21.9. The van der Waals surface area contributed by atoms with Crippen LogP contribution in [0.3, 0.4) is 0 Å². The molecule has 2 fully saturated rings. The average Bonchev–Trinajstić information content (AvgIpc) is 3.21. The van der Waals surface area contributed by atoms with Crippen molar-refractivity contribution < 1.29 is 24.2 Å². The molecule has 2 aliphatic rings. The predicted molar refractivity (Wildman–Crippen MR) is 121 cm³/mol. The summed E-state index contributed by atoms with van der Waals surface area (Å²) in [4.78, 5) is 41.1. The van der Waals surface area contributed by atoms with Crippen LogP contribution in [0.25, 0.3) is 0 Å². The summed E-state index contributed by atoms with van der Waals surface area (Å²) >= 11 is 4.60. The summed E-state index contributed by atoms with van der Waals surface area (Å²) in [6.07, 6.45) is -0.989. The standard InChI is InChI=1S/C21H22BrN3O5S/c1-12-10-13(2-3-15(12)24-7-9-30-8-6-18(24)26)25-11-14(19(27)21(25)29)23-20(28)16-4-5-17(22)31-16/h2-5,10,14,19,27H,6-9,11H2,1H3,(H,23,28)/t14?,19-/m1/s1. The number of anilines is 2. The minimum atomic E-state index is -1.32. The summed E-state index contributed by atoms with van der Waals surface area (Å²) in [5.74, 6) is -0.795. The van der Waals surface area contributed by atoms with Crippen molar-refractivity contribution in [2.24, 2.45) is 0 Å². The average molecular weight is 508 g/mol. The molecule has 2 atom stereocenters. The van der Waals surface area contributed by atoms with E-state index < -0.39 is 18.1 Å². The van der Waals surface area contributed by atoms with Gasteiger partial charge in [0.05, 0.1) is 34.3 Å². The second-order valence-electron chi connectivity index (χ2n) is 7.46. The zero-order valence-corrected chi connectivity index (χ0v) is 19.2. The van der Waals surface area contributed by atoms with Gasteiger partial charge < -0.3 is 25.0 Å². The molecule has 0 saturated carbocycles. The number of rotatable bonds is 4. The first-order valence-electron chi connectivity index (χ1n) is 9.89. The van der Waals surface area contributed by atoms with Gasteiger partial charge in [0.1, 0.15) is 0 Å². The normalized spacial score (nSPS) is 22.0. The maximum absolute atomic E-state index is 12.7. The molecule has 2 aromatic rings. The number of carbonyl (C=O) groups excluding carboxylic acids is 3. The van der Waals surface area contributed by atoms with Crippen LogP contribution >= 0.6 is 27.3 Å². The third kappa shape index (κ3) is 4.52. The molecule has 0 bridgehead atoms. The second kappa shape index (κ2) is 9.07. The number of nitrogens with one attached hydrogen (secondary N) is 1. The SMILES string of the molecule is Cc1cc(N2CC(NC(=O)c3ccc(Br)s3)[C@@H](O)C2=O)ccc1N1CCOCCC1=O. The van der Waals surface area contributed by atoms with Crippen LogP contribution < -0.4 is 15.1 Å². The number of aliphatic hydroxyl groups excluding tert-OH is 1. The summed E-state index contributed by atoms with van der Waals surface area (Å²) in [6.45, 7) is 3.41. The van der Waals surface area contributed by atoms with Gasteiger partial charge in [-0.1, -0.05) is 0 Å². The van der Waals surface area contributed by atoms with Gasteiger partial charge in [0, 0.05) is 24.5 Å². The van der Waals surface area contributed by atoms with E-state index in [-0.39, 0.29) is 18.4 Å². The van der Waals surface area contributed by atoms with Crippen molar-refractivity contribution in [3.63, 3.8) is 0 Å². The molecule has 8 nitrogen and oxygen atoms in total. The van der Waals surface area contributed by atoms with E-state index in [1.165, 1.54) is 16.2 Å². The van der Waals surface area contributed by atoms with E-state index in [9.17, 15) is 19.5 Å². The van der Waals surface area contributed by atoms with Crippen LogP contribution in [-0.2, 0) is 14.3 Å². The Morgan fingerprint density at radius 1 is 1.23 bits per heavy atom. The van der Waals surface area contributed by atoms with Gasteiger partial charge in [-0.05, 0) is 58.7 Å². The van der Waals surface area contributed by atoms with Crippen LogP contribution in [0.2, 0.25) is 0 Å². The molecule has 0 radical (unpaired) electrons. The summed E-state index contributed by atoms with van der Waals surface area (Å²) in [7, 11) is 0. The Labute approximate surface area is 191 Å². The monoisotopic (exact) mass is 507 g/mol. The van der Waals surface area contributed by atoms with Crippen LogP contribution in [0.15, 0.2) is 34.1 Å². The number of ether oxygens (including phenoxy) is 1. The fraction of sp³-hybridized carbons (Fsp3) is 0.381. The van der Waals surface area contributed by atoms with E-state index in [2.05, 4.69) is 21.2 Å². The Bertz CT molecular complexity index is 1030. The fourth-order valence-corrected chi connectivity index (χ4v) is 5.08. The first-order valence-corrected chi connectivity index (χ1v) is 11.5. The number of thiophene rings is 1. The van der Waals surface area contributed by atoms with E-state index in [1.807, 2.05) is 19.1 Å². The predicted octanol–water partition coefficient (Wildman–Crippen LogP) is 2.08. The number of benzene rings is 1. The number of carbonyl (C=O) groups is 3. The highest BCUT2D eigenvalue weighted by Gasteiger charge is 2.41. The van der Waals surface area contributed by atoms with Crippen molar-refractivity contribution in [3.05, 3.63) is 44.6 Å². The van der Waals surface area contributed by atoms with E-state index in [1.54, 1.807) is 23.1 Å². The molecule has 1 aromatic carbocycles. The molecule has 2 N–H and O–H groups in total. The summed E-state index contributed by atoms with van der Waals surface area (Å²) in [5, 5.41) is 13.2. The summed E-state index contributed by atoms with van der Waals surface area (Å²) in [6, 6.07) is 8.12. The van der Waals surface area contributed by atoms with Gasteiger partial charge in [0.2, 0.25) is 5.91 Å². The molecule has 164 valence electrons. The Morgan fingerprint density at radius 3 is 2.74 bits per heavy atom. The van der Waals surface area contributed by atoms with E-state index >= 15 is 0 Å². The molecule has 0 spiro atoms. The lowest BCUT2D eigenvalue weighted by atomic mass is 10.1. The van der Waals surface area contributed by atoms with E-state index in [4.69, 9.17) is 4.74 Å². The van der Waals surface area contributed by atoms with Crippen molar-refractivity contribution in [2.45, 2.75) is 25.5 Å². The van der Waals surface area contributed by atoms with Gasteiger partial charge in [0.25, 0.3) is 11.8 Å². The second-order valence-corrected chi connectivity index (χ2v) is 9.92. The topological polar surface area (TPSA) is 99.2 Å². The maximum Gasteiger partial charge on any atom is 0.261 e. The van der Waals surface area contributed by atoms with Crippen LogP contribution in [0.4, 0.5) is 11.4 Å². The molecule has 1 aromatic heterocycles. The van der Waals surface area contributed by atoms with Crippen LogP contribution in [0.1, 0.15) is 21.7 Å². The lowest BCUT2D eigenvalue weighted by Crippen LogP contribution is -2.43. The number of aliphatic hydroxyl groups is 1. The van der Waals surface area contributed by atoms with Crippen molar-refractivity contribution in [1.82, 2.24) is 5.32 Å². The third-order valence-electron chi connectivity index (χ3n) is 5.40. The molecule has 3 heterocycles. The molecule has 3 amide bonds. The maximum atomic E-state index is 12.7. The molecule has 1 unspecified atom stereocenters. The number of aryl methyl sites for hydroxylation is 1. The van der Waals surface area contributed by atoms with Crippen molar-refractivity contribution in [2.75, 3.05) is 36.1 Å². The highest BCUT2D eigenvalue weighted by atomic mass is 79.9. The van der Waals surface area contributed by atoms with E-state index in [0.717, 1.165) is 15.0 Å². The van der Waals surface area contributed by atoms with Crippen molar-refractivity contribution >= 4 is 56.4 Å². The van der Waals surface area contributed by atoms with Crippen molar-refractivity contribution in [1.29, 1.82) is 0 Å². The molecule has 4 rings (SSSR count). The van der Waals surface area contributed by atoms with Gasteiger partial charge in [-0.25, -0.2) is 0 Å². The highest BCUT2D eigenvalue weighted by molar-refractivity contribution is 9.11. The van der Waals surface area contributed by atoms with Gasteiger partial charge in [-0.15, -0.1) is 11.3 Å².